The third kappa shape index (κ3) is 2.71. The lowest BCUT2D eigenvalue weighted by Gasteiger charge is -2.28. The number of nitrogens with two attached hydrogens (primary N) is 1. The number of halogens is 1. The van der Waals surface area contributed by atoms with Gasteiger partial charge in [0.25, 0.3) is 0 Å². The van der Waals surface area contributed by atoms with E-state index in [1.54, 1.807) is 19.1 Å². The smallest absolute Gasteiger partial charge is 0.309 e. The van der Waals surface area contributed by atoms with Gasteiger partial charge in [0.1, 0.15) is 11.4 Å². The summed E-state index contributed by atoms with van der Waals surface area (Å²) in [5, 5.41) is 9.50. The minimum absolute atomic E-state index is 0.0527. The van der Waals surface area contributed by atoms with Gasteiger partial charge in [0.15, 0.2) is 0 Å². The Bertz CT molecular complexity index is 642. The van der Waals surface area contributed by atoms with Crippen LogP contribution in [0.4, 0.5) is 4.39 Å². The molecule has 2 fully saturated rings. The fraction of sp³-hybridized carbons (Fsp3) is 0.529. The zero-order valence-corrected chi connectivity index (χ0v) is 12.9. The molecule has 122 valence electrons. The van der Waals surface area contributed by atoms with E-state index < -0.39 is 11.6 Å². The van der Waals surface area contributed by atoms with Crippen molar-refractivity contribution in [1.29, 1.82) is 5.26 Å². The summed E-state index contributed by atoms with van der Waals surface area (Å²) in [5.74, 6) is -1.02. The van der Waals surface area contributed by atoms with Crippen LogP contribution in [0.2, 0.25) is 0 Å². The van der Waals surface area contributed by atoms with Crippen LogP contribution in [0.3, 0.4) is 0 Å². The highest BCUT2D eigenvalue weighted by Crippen LogP contribution is 2.62. The first kappa shape index (κ1) is 15.9. The van der Waals surface area contributed by atoms with Crippen molar-refractivity contribution in [3.63, 3.8) is 0 Å². The number of carbonyl (C=O) groups is 1. The van der Waals surface area contributed by atoms with Crippen molar-refractivity contribution in [2.24, 2.45) is 23.5 Å². The third-order valence-corrected chi connectivity index (χ3v) is 4.86. The Labute approximate surface area is 134 Å². The monoisotopic (exact) mass is 318 g/mol. The highest BCUT2D eigenvalue weighted by Gasteiger charge is 2.72. The summed E-state index contributed by atoms with van der Waals surface area (Å²) in [6, 6.07) is 8.14. The van der Waals surface area contributed by atoms with Crippen molar-refractivity contribution >= 4 is 5.97 Å². The second kappa shape index (κ2) is 5.91. The zero-order chi connectivity index (χ0) is 16.6. The molecular weight excluding hydrogens is 299 g/mol. The lowest BCUT2D eigenvalue weighted by atomic mass is 9.90. The lowest BCUT2D eigenvalue weighted by molar-refractivity contribution is -0.146. The summed E-state index contributed by atoms with van der Waals surface area (Å²) in [6.07, 6.45) is 0.137. The molecule has 5 atom stereocenters. The number of hydrogen-bond donors (Lipinski definition) is 1. The topological polar surface area (TPSA) is 85.3 Å². The predicted octanol–water partition coefficient (Wildman–Crippen LogP) is 1.76. The molecule has 1 aromatic rings. The van der Waals surface area contributed by atoms with E-state index in [0.29, 0.717) is 13.0 Å². The zero-order valence-electron chi connectivity index (χ0n) is 12.9. The molecular formula is C17H19FN2O3. The molecule has 23 heavy (non-hydrogen) atoms. The second-order valence-corrected chi connectivity index (χ2v) is 6.17. The van der Waals surface area contributed by atoms with Gasteiger partial charge in [-0.05, 0) is 37.0 Å². The molecule has 0 saturated heterocycles. The molecule has 5 unspecified atom stereocenters. The molecule has 0 heterocycles. The molecule has 2 aliphatic rings. The number of nitriles is 1. The van der Waals surface area contributed by atoms with Crippen LogP contribution in [0.25, 0.3) is 0 Å². The van der Waals surface area contributed by atoms with E-state index in [9.17, 15) is 14.4 Å². The summed E-state index contributed by atoms with van der Waals surface area (Å²) in [4.78, 5) is 11.9. The first-order valence-electron chi connectivity index (χ1n) is 7.74. The van der Waals surface area contributed by atoms with Crippen LogP contribution < -0.4 is 5.73 Å². The number of benzene rings is 1. The molecule has 0 bridgehead atoms. The number of esters is 1. The van der Waals surface area contributed by atoms with E-state index in [1.807, 2.05) is 0 Å². The minimum Gasteiger partial charge on any atom is -0.466 e. The number of nitrogens with zero attached hydrogens (tertiary/aromatic N) is 1. The Balaban J connectivity index is 1.63. The van der Waals surface area contributed by atoms with E-state index >= 15 is 0 Å². The van der Waals surface area contributed by atoms with Crippen LogP contribution >= 0.6 is 0 Å². The molecule has 0 amide bonds. The second-order valence-electron chi connectivity index (χ2n) is 6.17. The van der Waals surface area contributed by atoms with Gasteiger partial charge in [-0.25, -0.2) is 4.39 Å². The van der Waals surface area contributed by atoms with Crippen molar-refractivity contribution in [2.45, 2.75) is 31.6 Å². The van der Waals surface area contributed by atoms with Crippen LogP contribution in [0.15, 0.2) is 24.3 Å². The summed E-state index contributed by atoms with van der Waals surface area (Å²) in [5.41, 5.74) is 5.88. The Morgan fingerprint density at radius 2 is 2.17 bits per heavy atom. The third-order valence-electron chi connectivity index (χ3n) is 4.86. The van der Waals surface area contributed by atoms with Gasteiger partial charge in [-0.15, -0.1) is 0 Å². The number of hydrogen-bond acceptors (Lipinski definition) is 5. The standard InChI is InChI=1S/C17H19FN2O3/c1-2-22-16(21)14-12-7-13(17(20,9-19)15(12)14)23-8-10-3-5-11(18)6-4-10/h3-6,12-15H,2,7-8,20H2,1H3. The summed E-state index contributed by atoms with van der Waals surface area (Å²) >= 11 is 0. The molecule has 5 nitrogen and oxygen atoms in total. The molecule has 6 heteroatoms. The van der Waals surface area contributed by atoms with Gasteiger partial charge in [0.2, 0.25) is 0 Å². The normalized spacial score (nSPS) is 34.5. The van der Waals surface area contributed by atoms with Crippen LogP contribution in [0, 0.1) is 34.9 Å². The van der Waals surface area contributed by atoms with Gasteiger partial charge in [-0.2, -0.15) is 5.26 Å². The van der Waals surface area contributed by atoms with Crippen LogP contribution in [-0.4, -0.2) is 24.2 Å². The van der Waals surface area contributed by atoms with E-state index in [1.165, 1.54) is 12.1 Å². The quantitative estimate of drug-likeness (QED) is 0.836. The summed E-state index contributed by atoms with van der Waals surface area (Å²) < 4.78 is 23.7. The van der Waals surface area contributed by atoms with E-state index in [0.717, 1.165) is 5.56 Å². The maximum absolute atomic E-state index is 12.9. The number of fused-ring (bicyclic) bond motifs is 1. The predicted molar refractivity (Wildman–Crippen MR) is 79.2 cm³/mol. The van der Waals surface area contributed by atoms with Crippen molar-refractivity contribution in [2.75, 3.05) is 6.61 Å². The van der Waals surface area contributed by atoms with Gasteiger partial charge < -0.3 is 15.2 Å². The van der Waals surface area contributed by atoms with Crippen molar-refractivity contribution in [1.82, 2.24) is 0 Å². The number of rotatable bonds is 5. The first-order chi connectivity index (χ1) is 11.0. The first-order valence-corrected chi connectivity index (χ1v) is 7.74. The molecule has 0 spiro atoms. The fourth-order valence-corrected chi connectivity index (χ4v) is 3.67. The largest absolute Gasteiger partial charge is 0.466 e. The van der Waals surface area contributed by atoms with Crippen LogP contribution in [0.1, 0.15) is 18.9 Å². The van der Waals surface area contributed by atoms with Crippen molar-refractivity contribution < 1.29 is 18.7 Å². The van der Waals surface area contributed by atoms with Gasteiger partial charge in [-0.3, -0.25) is 4.79 Å². The van der Waals surface area contributed by atoms with Gasteiger partial charge in [-0.1, -0.05) is 12.1 Å². The van der Waals surface area contributed by atoms with Crippen molar-refractivity contribution in [3.05, 3.63) is 35.6 Å². The molecule has 0 aliphatic heterocycles. The Hall–Kier alpha value is -1.97. The lowest BCUT2D eigenvalue weighted by Crippen LogP contribution is -2.51. The Morgan fingerprint density at radius 1 is 1.48 bits per heavy atom. The fourth-order valence-electron chi connectivity index (χ4n) is 3.67. The summed E-state index contributed by atoms with van der Waals surface area (Å²) in [7, 11) is 0. The molecule has 2 N–H and O–H groups in total. The average Bonchev–Trinajstić information content (AvgIpc) is 3.20. The Morgan fingerprint density at radius 3 is 2.78 bits per heavy atom. The van der Waals surface area contributed by atoms with E-state index in [2.05, 4.69) is 6.07 Å². The molecule has 0 aromatic heterocycles. The molecule has 2 saturated carbocycles. The Kier molecular flexibility index (Phi) is 4.09. The van der Waals surface area contributed by atoms with Gasteiger partial charge >= 0.3 is 5.97 Å². The average molecular weight is 318 g/mol. The summed E-state index contributed by atoms with van der Waals surface area (Å²) in [6.45, 7) is 2.34. The van der Waals surface area contributed by atoms with Crippen LogP contribution in [-0.2, 0) is 20.9 Å². The minimum atomic E-state index is -1.18. The van der Waals surface area contributed by atoms with Crippen LogP contribution in [0.5, 0.6) is 0 Å². The molecule has 1 aromatic carbocycles. The van der Waals surface area contributed by atoms with Gasteiger partial charge in [0, 0.05) is 5.92 Å². The highest BCUT2D eigenvalue weighted by atomic mass is 19.1. The van der Waals surface area contributed by atoms with E-state index in [-0.39, 0.29) is 36.1 Å². The highest BCUT2D eigenvalue weighted by molar-refractivity contribution is 5.78. The SMILES string of the molecule is CCOC(=O)C1C2CC(OCc3ccc(F)cc3)C(N)(C#N)C21. The maximum Gasteiger partial charge on any atom is 0.309 e. The number of ether oxygens (including phenoxy) is 2. The number of carbonyl (C=O) groups excluding carboxylic acids is 1. The molecule has 0 radical (unpaired) electrons. The van der Waals surface area contributed by atoms with Crippen molar-refractivity contribution in [3.8, 4) is 6.07 Å². The maximum atomic E-state index is 12.9. The van der Waals surface area contributed by atoms with Gasteiger partial charge in [0.05, 0.1) is 31.3 Å². The molecule has 3 rings (SSSR count). The molecule has 2 aliphatic carbocycles. The van der Waals surface area contributed by atoms with E-state index in [4.69, 9.17) is 15.2 Å².